The van der Waals surface area contributed by atoms with Crippen LogP contribution in [0.2, 0.25) is 0 Å². The first kappa shape index (κ1) is 18.3. The number of ketones is 1. The molecule has 26 heavy (non-hydrogen) atoms. The molecule has 2 aromatic rings. The minimum atomic E-state index is -0.680. The lowest BCUT2D eigenvalue weighted by Gasteiger charge is -2.23. The standard InChI is InChI=1S/C20H19BrN2O3/c1-3-10-23-17(15-6-4-5-9-22-15)16(19(25)20(23)26)18(24)13-7-8-14(21)12(2)11-13/h4-9,11,17,24H,3,10H2,1-2H3/b18-16-. The van der Waals surface area contributed by atoms with E-state index in [0.717, 1.165) is 10.0 Å². The van der Waals surface area contributed by atoms with Crippen molar-refractivity contribution in [1.82, 2.24) is 9.88 Å². The molecule has 1 aromatic carbocycles. The van der Waals surface area contributed by atoms with Gasteiger partial charge >= 0.3 is 0 Å². The summed E-state index contributed by atoms with van der Waals surface area (Å²) in [7, 11) is 0. The van der Waals surface area contributed by atoms with Crippen LogP contribution >= 0.6 is 15.9 Å². The van der Waals surface area contributed by atoms with Crippen molar-refractivity contribution in [2.75, 3.05) is 6.54 Å². The van der Waals surface area contributed by atoms with E-state index < -0.39 is 17.7 Å². The number of likely N-dealkylation sites (tertiary alicyclic amines) is 1. The van der Waals surface area contributed by atoms with E-state index in [9.17, 15) is 14.7 Å². The largest absolute Gasteiger partial charge is 0.507 e. The fourth-order valence-electron chi connectivity index (χ4n) is 3.14. The summed E-state index contributed by atoms with van der Waals surface area (Å²) >= 11 is 3.43. The molecule has 0 saturated carbocycles. The number of pyridine rings is 1. The molecule has 5 nitrogen and oxygen atoms in total. The number of hydrogen-bond donors (Lipinski definition) is 1. The molecule has 0 radical (unpaired) electrons. The lowest BCUT2D eigenvalue weighted by atomic mass is 9.97. The average molecular weight is 415 g/mol. The number of rotatable bonds is 4. The third-order valence-corrected chi connectivity index (χ3v) is 5.29. The van der Waals surface area contributed by atoms with E-state index in [4.69, 9.17) is 0 Å². The number of carbonyl (C=O) groups is 2. The Hall–Kier alpha value is -2.47. The van der Waals surface area contributed by atoms with E-state index in [0.29, 0.717) is 24.2 Å². The maximum atomic E-state index is 12.7. The zero-order valence-corrected chi connectivity index (χ0v) is 16.2. The van der Waals surface area contributed by atoms with Gasteiger partial charge in [-0.1, -0.05) is 35.0 Å². The van der Waals surface area contributed by atoms with Gasteiger partial charge in [0.2, 0.25) is 0 Å². The normalized spacial score (nSPS) is 19.2. The molecule has 1 aliphatic heterocycles. The second kappa shape index (κ2) is 7.41. The van der Waals surface area contributed by atoms with Crippen molar-refractivity contribution in [3.05, 3.63) is 69.5 Å². The van der Waals surface area contributed by atoms with Gasteiger partial charge in [0.1, 0.15) is 11.8 Å². The summed E-state index contributed by atoms with van der Waals surface area (Å²) in [5.41, 5.74) is 2.08. The SMILES string of the molecule is CCCN1C(=O)C(=O)/C(=C(\O)c2ccc(Br)c(C)c2)C1c1ccccn1. The molecular formula is C20H19BrN2O3. The van der Waals surface area contributed by atoms with Crippen LogP contribution in [-0.2, 0) is 9.59 Å². The maximum Gasteiger partial charge on any atom is 0.295 e. The Morgan fingerprint density at radius 2 is 2.04 bits per heavy atom. The van der Waals surface area contributed by atoms with Gasteiger partial charge < -0.3 is 10.0 Å². The molecule has 6 heteroatoms. The summed E-state index contributed by atoms with van der Waals surface area (Å²) in [6.07, 6.45) is 2.32. The van der Waals surface area contributed by atoms with E-state index in [1.807, 2.05) is 19.9 Å². The average Bonchev–Trinajstić information content (AvgIpc) is 2.89. The number of aliphatic hydroxyl groups is 1. The van der Waals surface area contributed by atoms with Crippen molar-refractivity contribution >= 4 is 33.4 Å². The van der Waals surface area contributed by atoms with Crippen LogP contribution in [0.15, 0.2) is 52.6 Å². The molecule has 1 aromatic heterocycles. The zero-order valence-electron chi connectivity index (χ0n) is 14.6. The van der Waals surface area contributed by atoms with Gasteiger partial charge in [0, 0.05) is 22.8 Å². The number of hydrogen-bond acceptors (Lipinski definition) is 4. The second-order valence-electron chi connectivity index (χ2n) is 6.21. The summed E-state index contributed by atoms with van der Waals surface area (Å²) in [6, 6.07) is 9.96. The number of aromatic nitrogens is 1. The van der Waals surface area contributed by atoms with Crippen molar-refractivity contribution in [2.45, 2.75) is 26.3 Å². The van der Waals surface area contributed by atoms with Crippen LogP contribution < -0.4 is 0 Å². The molecule has 0 aliphatic carbocycles. The summed E-state index contributed by atoms with van der Waals surface area (Å²) in [4.78, 5) is 31.0. The monoisotopic (exact) mass is 414 g/mol. The zero-order chi connectivity index (χ0) is 18.8. The number of halogens is 1. The highest BCUT2D eigenvalue weighted by molar-refractivity contribution is 9.10. The summed E-state index contributed by atoms with van der Waals surface area (Å²) < 4.78 is 0.904. The Balaban J connectivity index is 2.19. The highest BCUT2D eigenvalue weighted by Gasteiger charge is 2.46. The maximum absolute atomic E-state index is 12.7. The molecule has 1 amide bonds. The molecule has 134 valence electrons. The quantitative estimate of drug-likeness (QED) is 0.466. The fourth-order valence-corrected chi connectivity index (χ4v) is 3.39. The molecule has 1 N–H and O–H groups in total. The van der Waals surface area contributed by atoms with Crippen LogP contribution in [0, 0.1) is 6.92 Å². The Morgan fingerprint density at radius 1 is 1.27 bits per heavy atom. The van der Waals surface area contributed by atoms with Crippen LogP contribution in [0.3, 0.4) is 0 Å². The van der Waals surface area contributed by atoms with Crippen molar-refractivity contribution in [3.8, 4) is 0 Å². The minimum Gasteiger partial charge on any atom is -0.507 e. The van der Waals surface area contributed by atoms with Gasteiger partial charge in [0.05, 0.1) is 11.3 Å². The Bertz CT molecular complexity index is 893. The number of amides is 1. The minimum absolute atomic E-state index is 0.0869. The molecule has 0 spiro atoms. The lowest BCUT2D eigenvalue weighted by molar-refractivity contribution is -0.139. The molecular weight excluding hydrogens is 396 g/mol. The molecule has 2 heterocycles. The van der Waals surface area contributed by atoms with Crippen molar-refractivity contribution in [3.63, 3.8) is 0 Å². The van der Waals surface area contributed by atoms with Gasteiger partial charge in [-0.05, 0) is 43.2 Å². The van der Waals surface area contributed by atoms with Crippen molar-refractivity contribution < 1.29 is 14.7 Å². The molecule has 1 fully saturated rings. The summed E-state index contributed by atoms with van der Waals surface area (Å²) in [5.74, 6) is -1.45. The summed E-state index contributed by atoms with van der Waals surface area (Å²) in [6.45, 7) is 4.25. The third-order valence-electron chi connectivity index (χ3n) is 4.40. The second-order valence-corrected chi connectivity index (χ2v) is 7.07. The molecule has 3 rings (SSSR count). The number of aryl methyl sites for hydroxylation is 1. The molecule has 1 unspecified atom stereocenters. The predicted octanol–water partition coefficient (Wildman–Crippen LogP) is 3.98. The Morgan fingerprint density at radius 3 is 2.65 bits per heavy atom. The van der Waals surface area contributed by atoms with E-state index in [2.05, 4.69) is 20.9 Å². The molecule has 1 aliphatic rings. The fraction of sp³-hybridized carbons (Fsp3) is 0.250. The van der Waals surface area contributed by atoms with E-state index in [-0.39, 0.29) is 11.3 Å². The Kier molecular flexibility index (Phi) is 5.23. The molecule has 0 bridgehead atoms. The van der Waals surface area contributed by atoms with Gasteiger partial charge in [-0.25, -0.2) is 0 Å². The highest BCUT2D eigenvalue weighted by atomic mass is 79.9. The van der Waals surface area contributed by atoms with E-state index in [1.54, 1.807) is 36.5 Å². The van der Waals surface area contributed by atoms with Gasteiger partial charge in [-0.2, -0.15) is 0 Å². The first-order valence-corrected chi connectivity index (χ1v) is 9.20. The number of nitrogens with zero attached hydrogens (tertiary/aromatic N) is 2. The van der Waals surface area contributed by atoms with Crippen molar-refractivity contribution in [1.29, 1.82) is 0 Å². The van der Waals surface area contributed by atoms with Gasteiger partial charge in [0.15, 0.2) is 0 Å². The smallest absolute Gasteiger partial charge is 0.295 e. The first-order chi connectivity index (χ1) is 12.5. The predicted molar refractivity (Wildman–Crippen MR) is 102 cm³/mol. The van der Waals surface area contributed by atoms with Crippen LogP contribution in [0.4, 0.5) is 0 Å². The molecule has 1 saturated heterocycles. The molecule has 1 atom stereocenters. The Labute approximate surface area is 160 Å². The van der Waals surface area contributed by atoms with E-state index in [1.165, 1.54) is 4.90 Å². The van der Waals surface area contributed by atoms with Gasteiger partial charge in [-0.3, -0.25) is 14.6 Å². The number of carbonyl (C=O) groups excluding carboxylic acids is 2. The van der Waals surface area contributed by atoms with Crippen LogP contribution in [0.25, 0.3) is 5.76 Å². The highest BCUT2D eigenvalue weighted by Crippen LogP contribution is 2.38. The van der Waals surface area contributed by atoms with Crippen LogP contribution in [-0.4, -0.2) is 33.2 Å². The topological polar surface area (TPSA) is 70.5 Å². The summed E-state index contributed by atoms with van der Waals surface area (Å²) in [5, 5.41) is 10.9. The van der Waals surface area contributed by atoms with E-state index >= 15 is 0 Å². The third kappa shape index (κ3) is 3.17. The van der Waals surface area contributed by atoms with Crippen LogP contribution in [0.1, 0.15) is 36.2 Å². The lowest BCUT2D eigenvalue weighted by Crippen LogP contribution is -2.30. The van der Waals surface area contributed by atoms with Gasteiger partial charge in [0.25, 0.3) is 11.7 Å². The first-order valence-electron chi connectivity index (χ1n) is 8.41. The van der Waals surface area contributed by atoms with Crippen LogP contribution in [0.5, 0.6) is 0 Å². The van der Waals surface area contributed by atoms with Gasteiger partial charge in [-0.15, -0.1) is 0 Å². The number of Topliss-reactive ketones (excluding diaryl/α,β-unsaturated/α-hetero) is 1. The number of aliphatic hydroxyl groups excluding tert-OH is 1. The number of benzene rings is 1. The van der Waals surface area contributed by atoms with Crippen molar-refractivity contribution in [2.24, 2.45) is 0 Å².